The highest BCUT2D eigenvalue weighted by molar-refractivity contribution is 6.21. The fourth-order valence-corrected chi connectivity index (χ4v) is 5.14. The molecule has 0 saturated heterocycles. The molecule has 0 fully saturated rings. The minimum absolute atomic E-state index is 0.0513. The van der Waals surface area contributed by atoms with Gasteiger partial charge >= 0.3 is 0 Å². The lowest BCUT2D eigenvalue weighted by Crippen LogP contribution is -2.18. The second-order valence-corrected chi connectivity index (χ2v) is 9.61. The maximum absolute atomic E-state index is 13.4. The number of rotatable bonds is 8. The summed E-state index contributed by atoms with van der Waals surface area (Å²) in [7, 11) is 4.14. The lowest BCUT2D eigenvalue weighted by atomic mass is 10.1. The third kappa shape index (κ3) is 3.53. The number of benzene rings is 3. The number of fused-ring (bicyclic) bond motifs is 6. The molecular formula is C30H32N2O2. The van der Waals surface area contributed by atoms with Crippen LogP contribution < -0.4 is 20.7 Å². The van der Waals surface area contributed by atoms with E-state index in [-0.39, 0.29) is 10.9 Å². The Hall–Kier alpha value is -3.40. The van der Waals surface area contributed by atoms with Crippen LogP contribution in [0.1, 0.15) is 39.5 Å². The van der Waals surface area contributed by atoms with E-state index >= 15 is 0 Å². The summed E-state index contributed by atoms with van der Waals surface area (Å²) in [5, 5.41) is 6.49. The second kappa shape index (κ2) is 8.75. The average molecular weight is 453 g/mol. The van der Waals surface area contributed by atoms with Crippen molar-refractivity contribution in [3.05, 3.63) is 69.0 Å². The number of anilines is 2. The molecule has 174 valence electrons. The molecule has 0 bridgehead atoms. The molecule has 4 nitrogen and oxygen atoms in total. The summed E-state index contributed by atoms with van der Waals surface area (Å²) in [4.78, 5) is 31.2. The highest BCUT2D eigenvalue weighted by Gasteiger charge is 2.17. The Labute approximate surface area is 200 Å². The van der Waals surface area contributed by atoms with Crippen molar-refractivity contribution in [1.29, 1.82) is 0 Å². The molecule has 5 aromatic rings. The quantitative estimate of drug-likeness (QED) is 0.274. The first-order valence-corrected chi connectivity index (χ1v) is 12.4. The topological polar surface area (TPSA) is 40.6 Å². The van der Waals surface area contributed by atoms with Crippen LogP contribution in [-0.2, 0) is 0 Å². The van der Waals surface area contributed by atoms with E-state index in [1.807, 2.05) is 36.4 Å². The molecule has 0 aromatic heterocycles. The number of unbranched alkanes of at least 4 members (excludes halogenated alkanes) is 2. The molecule has 0 heterocycles. The first kappa shape index (κ1) is 22.4. The van der Waals surface area contributed by atoms with Crippen molar-refractivity contribution < 1.29 is 0 Å². The van der Waals surface area contributed by atoms with Gasteiger partial charge < -0.3 is 9.80 Å². The van der Waals surface area contributed by atoms with Crippen LogP contribution in [0.5, 0.6) is 0 Å². The van der Waals surface area contributed by atoms with Gasteiger partial charge in [0, 0.05) is 60.1 Å². The Kier molecular flexibility index (Phi) is 5.76. The van der Waals surface area contributed by atoms with Crippen LogP contribution in [-0.4, -0.2) is 27.2 Å². The van der Waals surface area contributed by atoms with E-state index < -0.39 is 0 Å². The fourth-order valence-electron chi connectivity index (χ4n) is 5.14. The van der Waals surface area contributed by atoms with E-state index in [2.05, 4.69) is 49.9 Å². The van der Waals surface area contributed by atoms with Crippen LogP contribution in [0.15, 0.2) is 58.1 Å². The maximum Gasteiger partial charge on any atom is 0.194 e. The summed E-state index contributed by atoms with van der Waals surface area (Å²) in [6.07, 6.45) is 4.51. The van der Waals surface area contributed by atoms with Gasteiger partial charge in [0.05, 0.1) is 0 Å². The predicted octanol–water partition coefficient (Wildman–Crippen LogP) is 6.37. The van der Waals surface area contributed by atoms with Crippen LogP contribution >= 0.6 is 0 Å². The summed E-state index contributed by atoms with van der Waals surface area (Å²) in [6, 6.07) is 16.1. The molecule has 0 unspecified atom stereocenters. The van der Waals surface area contributed by atoms with Crippen LogP contribution in [0.25, 0.3) is 43.1 Å². The van der Waals surface area contributed by atoms with E-state index in [0.717, 1.165) is 82.5 Å². The number of nitrogens with zero attached hydrogens (tertiary/aromatic N) is 2. The number of hydrogen-bond acceptors (Lipinski definition) is 4. The van der Waals surface area contributed by atoms with Gasteiger partial charge in [-0.25, -0.2) is 0 Å². The normalized spacial score (nSPS) is 11.9. The van der Waals surface area contributed by atoms with Crippen molar-refractivity contribution in [2.24, 2.45) is 0 Å². The summed E-state index contributed by atoms with van der Waals surface area (Å²) >= 11 is 0. The smallest absolute Gasteiger partial charge is 0.194 e. The van der Waals surface area contributed by atoms with E-state index in [0.29, 0.717) is 10.8 Å². The molecular weight excluding hydrogens is 420 g/mol. The molecule has 0 atom stereocenters. The monoisotopic (exact) mass is 452 g/mol. The number of hydrogen-bond donors (Lipinski definition) is 0. The van der Waals surface area contributed by atoms with Crippen LogP contribution in [0.2, 0.25) is 0 Å². The predicted molar refractivity (Wildman–Crippen MR) is 148 cm³/mol. The molecule has 34 heavy (non-hydrogen) atoms. The first-order chi connectivity index (χ1) is 16.4. The molecule has 0 radical (unpaired) electrons. The van der Waals surface area contributed by atoms with Crippen LogP contribution in [0.4, 0.5) is 11.4 Å². The largest absolute Gasteiger partial charge is 0.375 e. The van der Waals surface area contributed by atoms with Crippen molar-refractivity contribution in [1.82, 2.24) is 0 Å². The lowest BCUT2D eigenvalue weighted by molar-refractivity contribution is 0.767. The van der Waals surface area contributed by atoms with Gasteiger partial charge in [-0.05, 0) is 70.8 Å². The average Bonchev–Trinajstić information content (AvgIpc) is 3.30. The zero-order valence-corrected chi connectivity index (χ0v) is 20.6. The molecule has 0 saturated carbocycles. The van der Waals surface area contributed by atoms with Crippen LogP contribution in [0, 0.1) is 0 Å². The Balaban J connectivity index is 1.67. The van der Waals surface area contributed by atoms with E-state index in [1.165, 1.54) is 0 Å². The lowest BCUT2D eigenvalue weighted by Gasteiger charge is -2.18. The SMILES string of the molecule is CCCCN(C)c1ccc2c(c1)c(=O)c1cc3c(cc12)c(=O)c1cc(N(C)CCCC)ccc13. The van der Waals surface area contributed by atoms with Gasteiger partial charge in [0.1, 0.15) is 0 Å². The van der Waals surface area contributed by atoms with Gasteiger partial charge in [-0.1, -0.05) is 38.8 Å². The van der Waals surface area contributed by atoms with Gasteiger partial charge in [0.25, 0.3) is 0 Å². The molecule has 4 heteroatoms. The van der Waals surface area contributed by atoms with Crippen molar-refractivity contribution in [2.45, 2.75) is 39.5 Å². The second-order valence-electron chi connectivity index (χ2n) is 9.61. The Morgan fingerprint density at radius 3 is 1.29 bits per heavy atom. The minimum Gasteiger partial charge on any atom is -0.375 e. The fraction of sp³-hybridized carbons (Fsp3) is 0.333. The van der Waals surface area contributed by atoms with E-state index in [4.69, 9.17) is 0 Å². The highest BCUT2D eigenvalue weighted by Crippen LogP contribution is 2.34. The molecule has 0 amide bonds. The van der Waals surface area contributed by atoms with Gasteiger partial charge in [0.2, 0.25) is 0 Å². The van der Waals surface area contributed by atoms with E-state index in [1.54, 1.807) is 0 Å². The third-order valence-corrected chi connectivity index (χ3v) is 7.30. The van der Waals surface area contributed by atoms with E-state index in [9.17, 15) is 9.59 Å². The zero-order valence-electron chi connectivity index (χ0n) is 20.6. The molecule has 5 rings (SSSR count). The molecule has 0 N–H and O–H groups in total. The molecule has 0 aliphatic carbocycles. The van der Waals surface area contributed by atoms with Crippen LogP contribution in [0.3, 0.4) is 0 Å². The molecule has 0 spiro atoms. The van der Waals surface area contributed by atoms with Crippen molar-refractivity contribution in [3.8, 4) is 0 Å². The Bertz CT molecular complexity index is 1490. The summed E-state index contributed by atoms with van der Waals surface area (Å²) in [5.41, 5.74) is 2.22. The first-order valence-electron chi connectivity index (χ1n) is 12.4. The molecule has 0 aliphatic rings. The molecule has 5 aromatic carbocycles. The third-order valence-electron chi connectivity index (χ3n) is 7.30. The summed E-state index contributed by atoms with van der Waals surface area (Å²) in [6.45, 7) is 6.29. The Morgan fingerprint density at radius 1 is 0.529 bits per heavy atom. The van der Waals surface area contributed by atoms with Gasteiger partial charge in [0.15, 0.2) is 10.9 Å². The minimum atomic E-state index is 0.0513. The molecule has 0 aliphatic heterocycles. The van der Waals surface area contributed by atoms with Crippen molar-refractivity contribution >= 4 is 54.5 Å². The summed E-state index contributed by atoms with van der Waals surface area (Å²) < 4.78 is 0. The Morgan fingerprint density at radius 2 is 0.912 bits per heavy atom. The van der Waals surface area contributed by atoms with Gasteiger partial charge in [-0.3, -0.25) is 9.59 Å². The van der Waals surface area contributed by atoms with Gasteiger partial charge in [-0.2, -0.15) is 0 Å². The van der Waals surface area contributed by atoms with Gasteiger partial charge in [-0.15, -0.1) is 0 Å². The van der Waals surface area contributed by atoms with Crippen molar-refractivity contribution in [3.63, 3.8) is 0 Å². The zero-order chi connectivity index (χ0) is 24.0. The standard InChI is InChI=1S/C30H32N2O2/c1-5-7-13-31(3)19-9-11-21-23-17-28-24(18-27(23)29(33)25(21)15-19)22-12-10-20(16-26(22)30(28)34)32(4)14-8-6-2/h9-12,15-18H,5-8,13-14H2,1-4H3. The van der Waals surface area contributed by atoms with Crippen molar-refractivity contribution in [2.75, 3.05) is 37.0 Å². The summed E-state index contributed by atoms with van der Waals surface area (Å²) in [5.74, 6) is 0. The highest BCUT2D eigenvalue weighted by atomic mass is 16.1. The maximum atomic E-state index is 13.4.